The van der Waals surface area contributed by atoms with Crippen molar-refractivity contribution in [2.45, 2.75) is 32.7 Å². The van der Waals surface area contributed by atoms with Gasteiger partial charge in [-0.2, -0.15) is 11.8 Å². The summed E-state index contributed by atoms with van der Waals surface area (Å²) in [5.74, 6) is 4.48. The van der Waals surface area contributed by atoms with Crippen LogP contribution >= 0.6 is 11.8 Å². The first-order chi connectivity index (χ1) is 8.69. The summed E-state index contributed by atoms with van der Waals surface area (Å²) in [6, 6.07) is 4.03. The predicted molar refractivity (Wildman–Crippen MR) is 72.4 cm³/mol. The van der Waals surface area contributed by atoms with Gasteiger partial charge < -0.3 is 14.2 Å². The maximum absolute atomic E-state index is 5.66. The van der Waals surface area contributed by atoms with Gasteiger partial charge in [-0.3, -0.25) is 0 Å². The molecule has 0 saturated carbocycles. The van der Waals surface area contributed by atoms with Crippen LogP contribution in [0.1, 0.15) is 28.9 Å². The van der Waals surface area contributed by atoms with Gasteiger partial charge in [0.25, 0.3) is 0 Å². The largest absolute Gasteiger partial charge is 0.464 e. The van der Waals surface area contributed by atoms with E-state index in [2.05, 4.69) is 16.6 Å². The molecule has 0 aromatic carbocycles. The molecule has 0 unspecified atom stereocenters. The normalized spacial score (nSPS) is 11.1. The fourth-order valence-corrected chi connectivity index (χ4v) is 2.08. The number of hydrogen-bond acceptors (Lipinski definition) is 5. The van der Waals surface area contributed by atoms with Crippen molar-refractivity contribution < 1.29 is 8.83 Å². The third-order valence-electron chi connectivity index (χ3n) is 2.65. The van der Waals surface area contributed by atoms with Crippen molar-refractivity contribution in [3.05, 3.63) is 41.0 Å². The van der Waals surface area contributed by atoms with Gasteiger partial charge in [-0.1, -0.05) is 0 Å². The zero-order valence-corrected chi connectivity index (χ0v) is 11.8. The number of oxazole rings is 1. The molecule has 0 aliphatic rings. The third-order valence-corrected chi connectivity index (χ3v) is 3.23. The molecule has 0 amide bonds. The van der Waals surface area contributed by atoms with Crippen molar-refractivity contribution in [1.29, 1.82) is 0 Å². The summed E-state index contributed by atoms with van der Waals surface area (Å²) in [4.78, 5) is 4.31. The van der Waals surface area contributed by atoms with Crippen molar-refractivity contribution in [2.75, 3.05) is 6.26 Å². The fourth-order valence-electron chi connectivity index (χ4n) is 1.64. The van der Waals surface area contributed by atoms with Gasteiger partial charge in [0.1, 0.15) is 17.3 Å². The first kappa shape index (κ1) is 13.2. The van der Waals surface area contributed by atoms with E-state index in [9.17, 15) is 0 Å². The summed E-state index contributed by atoms with van der Waals surface area (Å²) >= 11 is 1.75. The topological polar surface area (TPSA) is 51.2 Å². The molecule has 18 heavy (non-hydrogen) atoms. The highest BCUT2D eigenvalue weighted by Gasteiger charge is 2.06. The second-order valence-electron chi connectivity index (χ2n) is 4.15. The Morgan fingerprint density at radius 3 is 2.61 bits per heavy atom. The summed E-state index contributed by atoms with van der Waals surface area (Å²) in [6.45, 7) is 5.18. The first-order valence-corrected chi connectivity index (χ1v) is 7.28. The van der Waals surface area contributed by atoms with Crippen LogP contribution < -0.4 is 5.32 Å². The summed E-state index contributed by atoms with van der Waals surface area (Å²) < 4.78 is 11.1. The van der Waals surface area contributed by atoms with Crippen LogP contribution in [0, 0.1) is 13.8 Å². The lowest BCUT2D eigenvalue weighted by Gasteiger charge is -1.99. The summed E-state index contributed by atoms with van der Waals surface area (Å²) in [7, 11) is 0. The molecule has 0 fully saturated rings. The van der Waals surface area contributed by atoms with Gasteiger partial charge in [-0.15, -0.1) is 0 Å². The summed E-state index contributed by atoms with van der Waals surface area (Å²) in [5.41, 5.74) is 0.951. The minimum absolute atomic E-state index is 0.618. The Hall–Kier alpha value is -1.20. The van der Waals surface area contributed by atoms with Crippen molar-refractivity contribution in [2.24, 2.45) is 0 Å². The molecule has 98 valence electrons. The zero-order valence-electron chi connectivity index (χ0n) is 10.9. The second-order valence-corrected chi connectivity index (χ2v) is 5.02. The fraction of sp³-hybridized carbons (Fsp3) is 0.462. The Morgan fingerprint density at radius 1 is 1.17 bits per heavy atom. The van der Waals surface area contributed by atoms with Gasteiger partial charge in [-0.05, 0) is 32.2 Å². The van der Waals surface area contributed by atoms with Crippen molar-refractivity contribution in [3.8, 4) is 0 Å². The smallest absolute Gasteiger partial charge is 0.208 e. The van der Waals surface area contributed by atoms with E-state index in [0.717, 1.165) is 34.6 Å². The molecule has 4 nitrogen and oxygen atoms in total. The van der Waals surface area contributed by atoms with Crippen molar-refractivity contribution in [3.63, 3.8) is 0 Å². The minimum atomic E-state index is 0.618. The van der Waals surface area contributed by atoms with Crippen LogP contribution in [0.3, 0.4) is 0 Å². The average molecular weight is 266 g/mol. The Labute approximate surface area is 111 Å². The van der Waals surface area contributed by atoms with Gasteiger partial charge in [-0.25, -0.2) is 4.98 Å². The van der Waals surface area contributed by atoms with Crippen molar-refractivity contribution in [1.82, 2.24) is 10.3 Å². The van der Waals surface area contributed by atoms with Crippen LogP contribution in [-0.4, -0.2) is 11.2 Å². The Balaban J connectivity index is 1.80. The molecule has 0 atom stereocenters. The molecule has 2 aromatic rings. The van der Waals surface area contributed by atoms with E-state index in [1.54, 1.807) is 11.8 Å². The summed E-state index contributed by atoms with van der Waals surface area (Å²) in [5, 5.41) is 3.26. The molecule has 0 saturated heterocycles. The van der Waals surface area contributed by atoms with Crippen LogP contribution in [0.25, 0.3) is 0 Å². The van der Waals surface area contributed by atoms with Gasteiger partial charge in [0.2, 0.25) is 5.89 Å². The number of furan rings is 1. The van der Waals surface area contributed by atoms with Gasteiger partial charge in [0.15, 0.2) is 0 Å². The molecular formula is C13H18N2O2S. The Morgan fingerprint density at radius 2 is 1.94 bits per heavy atom. The molecule has 1 N–H and O–H groups in total. The average Bonchev–Trinajstić information content (AvgIpc) is 2.88. The lowest BCUT2D eigenvalue weighted by Crippen LogP contribution is -2.12. The molecule has 0 aliphatic heterocycles. The molecule has 0 radical (unpaired) electrons. The van der Waals surface area contributed by atoms with E-state index in [1.165, 1.54) is 0 Å². The third kappa shape index (κ3) is 3.40. The van der Waals surface area contributed by atoms with Crippen LogP contribution in [0.15, 0.2) is 21.0 Å². The quantitative estimate of drug-likeness (QED) is 0.871. The standard InChI is InChI=1S/C13H18N2O2S/c1-9-10(2)16-13(15-9)7-14-6-11-4-5-12(17-11)8-18-3/h4-5,14H,6-8H2,1-3H3. The van der Waals surface area contributed by atoms with E-state index in [4.69, 9.17) is 8.83 Å². The Kier molecular flexibility index (Phi) is 4.49. The number of aryl methyl sites for hydroxylation is 2. The lowest BCUT2D eigenvalue weighted by molar-refractivity contribution is 0.424. The molecule has 2 rings (SSSR count). The number of thioether (sulfide) groups is 1. The SMILES string of the molecule is CSCc1ccc(CNCc2nc(C)c(C)o2)o1. The van der Waals surface area contributed by atoms with Crippen LogP contribution in [0.4, 0.5) is 0 Å². The molecule has 5 heteroatoms. The molecule has 0 bridgehead atoms. The van der Waals surface area contributed by atoms with E-state index in [-0.39, 0.29) is 0 Å². The number of aromatic nitrogens is 1. The predicted octanol–water partition coefficient (Wildman–Crippen LogP) is 3.04. The Bertz CT molecular complexity index is 485. The van der Waals surface area contributed by atoms with Crippen LogP contribution in [-0.2, 0) is 18.8 Å². The number of rotatable bonds is 6. The highest BCUT2D eigenvalue weighted by Crippen LogP contribution is 2.13. The maximum Gasteiger partial charge on any atom is 0.208 e. The van der Waals surface area contributed by atoms with Crippen LogP contribution in [0.2, 0.25) is 0 Å². The maximum atomic E-state index is 5.66. The molecule has 2 aromatic heterocycles. The summed E-state index contributed by atoms with van der Waals surface area (Å²) in [6.07, 6.45) is 2.06. The lowest BCUT2D eigenvalue weighted by atomic mass is 10.4. The van der Waals surface area contributed by atoms with Gasteiger partial charge in [0, 0.05) is 0 Å². The van der Waals surface area contributed by atoms with E-state index < -0.39 is 0 Å². The second kappa shape index (κ2) is 6.11. The highest BCUT2D eigenvalue weighted by molar-refractivity contribution is 7.97. The van der Waals surface area contributed by atoms with Gasteiger partial charge >= 0.3 is 0 Å². The highest BCUT2D eigenvalue weighted by atomic mass is 32.2. The molecule has 2 heterocycles. The van der Waals surface area contributed by atoms with Crippen molar-refractivity contribution >= 4 is 11.8 Å². The van der Waals surface area contributed by atoms with Gasteiger partial charge in [0.05, 0.1) is 24.5 Å². The molecular weight excluding hydrogens is 248 g/mol. The van der Waals surface area contributed by atoms with E-state index in [0.29, 0.717) is 13.1 Å². The number of nitrogens with zero attached hydrogens (tertiary/aromatic N) is 1. The first-order valence-electron chi connectivity index (χ1n) is 5.89. The number of hydrogen-bond donors (Lipinski definition) is 1. The minimum Gasteiger partial charge on any atom is -0.464 e. The monoisotopic (exact) mass is 266 g/mol. The van der Waals surface area contributed by atoms with E-state index >= 15 is 0 Å². The molecule has 0 aliphatic carbocycles. The zero-order chi connectivity index (χ0) is 13.0. The van der Waals surface area contributed by atoms with E-state index in [1.807, 2.05) is 26.0 Å². The number of nitrogens with one attached hydrogen (secondary N) is 1. The van der Waals surface area contributed by atoms with Crippen LogP contribution in [0.5, 0.6) is 0 Å². The molecule has 0 spiro atoms.